The van der Waals surface area contributed by atoms with Crippen LogP contribution < -0.4 is 10.1 Å². The van der Waals surface area contributed by atoms with Crippen molar-refractivity contribution in [2.45, 2.75) is 6.61 Å². The van der Waals surface area contributed by atoms with Crippen LogP contribution in [0.4, 0.5) is 10.6 Å². The quantitative estimate of drug-likeness (QED) is 0.752. The van der Waals surface area contributed by atoms with Gasteiger partial charge in [-0.25, -0.2) is 9.78 Å². The smallest absolute Gasteiger partial charge is 0.413 e. The van der Waals surface area contributed by atoms with E-state index in [9.17, 15) is 9.90 Å². The number of hydrogen-bond donors (Lipinski definition) is 2. The number of benzene rings is 2. The summed E-state index contributed by atoms with van der Waals surface area (Å²) < 4.78 is 10.4. The lowest BCUT2D eigenvalue weighted by molar-refractivity contribution is 0.151. The van der Waals surface area contributed by atoms with Gasteiger partial charge in [0.05, 0.1) is 7.11 Å². The Morgan fingerprint density at radius 3 is 2.75 bits per heavy atom. The van der Waals surface area contributed by atoms with Crippen molar-refractivity contribution in [2.24, 2.45) is 0 Å². The Balaban J connectivity index is 1.98. The number of ether oxygens (including phenoxy) is 2. The molecule has 4 rings (SSSR count). The maximum Gasteiger partial charge on any atom is 0.413 e. The molecule has 1 aliphatic rings. The van der Waals surface area contributed by atoms with E-state index in [0.717, 1.165) is 22.1 Å². The average molecular weight is 322 g/mol. The van der Waals surface area contributed by atoms with E-state index in [1.165, 1.54) is 0 Å². The second-order valence-corrected chi connectivity index (χ2v) is 5.46. The van der Waals surface area contributed by atoms with Crippen LogP contribution in [0.1, 0.15) is 5.56 Å². The topological polar surface area (TPSA) is 80.7 Å². The molecular weight excluding hydrogens is 308 g/mol. The Labute approximate surface area is 137 Å². The normalized spacial score (nSPS) is 13.1. The van der Waals surface area contributed by atoms with Crippen molar-refractivity contribution >= 4 is 22.8 Å². The Morgan fingerprint density at radius 1 is 1.21 bits per heavy atom. The SMILES string of the molecule is COc1ccc(-c2ccc(O)cc2)c2cc3c(nc12)NC(=O)OC3. The lowest BCUT2D eigenvalue weighted by Gasteiger charge is -2.19. The van der Waals surface area contributed by atoms with Crippen LogP contribution in [0.3, 0.4) is 0 Å². The standard InChI is InChI=1S/C18H14N2O4/c1-23-15-7-6-13(10-2-4-12(21)5-3-10)14-8-11-9-24-18(22)20-17(11)19-16(14)15/h2-8,21H,9H2,1H3,(H,19,20,22). The van der Waals surface area contributed by atoms with Gasteiger partial charge in [-0.2, -0.15) is 0 Å². The predicted molar refractivity (Wildman–Crippen MR) is 89.2 cm³/mol. The summed E-state index contributed by atoms with van der Waals surface area (Å²) in [4.78, 5) is 16.0. The summed E-state index contributed by atoms with van der Waals surface area (Å²) in [5.41, 5.74) is 3.36. The maximum absolute atomic E-state index is 11.4. The fourth-order valence-corrected chi connectivity index (χ4v) is 2.83. The molecule has 0 saturated carbocycles. The van der Waals surface area contributed by atoms with E-state index in [1.54, 1.807) is 19.2 Å². The minimum absolute atomic E-state index is 0.177. The third-order valence-corrected chi connectivity index (χ3v) is 4.00. The number of phenolic OH excluding ortho intramolecular Hbond substituents is 1. The highest BCUT2D eigenvalue weighted by Crippen LogP contribution is 2.36. The number of carbonyl (C=O) groups excluding carboxylic acids is 1. The van der Waals surface area contributed by atoms with E-state index in [0.29, 0.717) is 17.1 Å². The molecule has 2 N–H and O–H groups in total. The summed E-state index contributed by atoms with van der Waals surface area (Å²) in [6.45, 7) is 0.177. The molecule has 0 atom stereocenters. The van der Waals surface area contributed by atoms with Crippen molar-refractivity contribution in [3.63, 3.8) is 0 Å². The van der Waals surface area contributed by atoms with Gasteiger partial charge in [-0.05, 0) is 41.5 Å². The first-order valence-corrected chi connectivity index (χ1v) is 7.39. The molecule has 2 aromatic carbocycles. The summed E-state index contributed by atoms with van der Waals surface area (Å²) in [6.07, 6.45) is -0.511. The van der Waals surface area contributed by atoms with E-state index < -0.39 is 6.09 Å². The molecule has 120 valence electrons. The highest BCUT2D eigenvalue weighted by molar-refractivity contribution is 6.00. The lowest BCUT2D eigenvalue weighted by Crippen LogP contribution is -2.21. The number of pyridine rings is 1. The molecule has 0 radical (unpaired) electrons. The highest BCUT2D eigenvalue weighted by atomic mass is 16.5. The number of cyclic esters (lactones) is 1. The fourth-order valence-electron chi connectivity index (χ4n) is 2.83. The molecule has 3 aromatic rings. The Morgan fingerprint density at radius 2 is 2.00 bits per heavy atom. The van der Waals surface area contributed by atoms with Crippen LogP contribution in [-0.2, 0) is 11.3 Å². The number of nitrogens with one attached hydrogen (secondary N) is 1. The van der Waals surface area contributed by atoms with Crippen molar-refractivity contribution in [1.82, 2.24) is 4.98 Å². The van der Waals surface area contributed by atoms with Gasteiger partial charge in [-0.3, -0.25) is 5.32 Å². The third-order valence-electron chi connectivity index (χ3n) is 4.00. The van der Waals surface area contributed by atoms with Crippen LogP contribution in [0.5, 0.6) is 11.5 Å². The number of methoxy groups -OCH3 is 1. The van der Waals surface area contributed by atoms with Crippen LogP contribution in [0.2, 0.25) is 0 Å². The molecule has 0 saturated heterocycles. The molecule has 0 aliphatic carbocycles. The zero-order chi connectivity index (χ0) is 16.7. The van der Waals surface area contributed by atoms with Crippen molar-refractivity contribution in [3.8, 4) is 22.6 Å². The van der Waals surface area contributed by atoms with E-state index >= 15 is 0 Å². The molecule has 6 heteroatoms. The molecule has 0 bridgehead atoms. The second kappa shape index (κ2) is 5.42. The minimum atomic E-state index is -0.511. The first-order chi connectivity index (χ1) is 11.7. The van der Waals surface area contributed by atoms with Gasteiger partial charge in [-0.1, -0.05) is 12.1 Å². The Hall–Kier alpha value is -3.28. The van der Waals surface area contributed by atoms with Crippen molar-refractivity contribution in [2.75, 3.05) is 12.4 Å². The van der Waals surface area contributed by atoms with Crippen molar-refractivity contribution < 1.29 is 19.4 Å². The summed E-state index contributed by atoms with van der Waals surface area (Å²) >= 11 is 0. The molecular formula is C18H14N2O4. The van der Waals surface area contributed by atoms with Gasteiger partial charge in [-0.15, -0.1) is 0 Å². The van der Waals surface area contributed by atoms with Crippen molar-refractivity contribution in [3.05, 3.63) is 48.0 Å². The molecule has 1 amide bonds. The van der Waals surface area contributed by atoms with E-state index in [4.69, 9.17) is 9.47 Å². The number of rotatable bonds is 2. The molecule has 0 fully saturated rings. The molecule has 6 nitrogen and oxygen atoms in total. The van der Waals surface area contributed by atoms with Crippen LogP contribution in [-0.4, -0.2) is 23.3 Å². The Kier molecular flexibility index (Phi) is 3.23. The monoisotopic (exact) mass is 322 g/mol. The van der Waals surface area contributed by atoms with Gasteiger partial charge >= 0.3 is 6.09 Å². The van der Waals surface area contributed by atoms with Gasteiger partial charge < -0.3 is 14.6 Å². The van der Waals surface area contributed by atoms with Gasteiger partial charge in [0.2, 0.25) is 0 Å². The summed E-state index contributed by atoms with van der Waals surface area (Å²) in [5, 5.41) is 13.0. The van der Waals surface area contributed by atoms with Crippen LogP contribution in [0.25, 0.3) is 22.0 Å². The largest absolute Gasteiger partial charge is 0.508 e. The number of aromatic hydroxyl groups is 1. The number of carbonyl (C=O) groups is 1. The maximum atomic E-state index is 11.4. The van der Waals surface area contributed by atoms with Gasteiger partial charge in [0, 0.05) is 10.9 Å². The number of aromatic nitrogens is 1. The average Bonchev–Trinajstić information content (AvgIpc) is 2.60. The number of phenols is 1. The zero-order valence-electron chi connectivity index (χ0n) is 12.9. The fraction of sp³-hybridized carbons (Fsp3) is 0.111. The number of fused-ring (bicyclic) bond motifs is 2. The van der Waals surface area contributed by atoms with Crippen LogP contribution in [0, 0.1) is 0 Å². The molecule has 2 heterocycles. The number of amides is 1. The van der Waals surface area contributed by atoms with Crippen molar-refractivity contribution in [1.29, 1.82) is 0 Å². The van der Waals surface area contributed by atoms with Gasteiger partial charge in [0.15, 0.2) is 0 Å². The first kappa shape index (κ1) is 14.3. The lowest BCUT2D eigenvalue weighted by atomic mass is 9.98. The third kappa shape index (κ3) is 2.28. The first-order valence-electron chi connectivity index (χ1n) is 7.39. The summed E-state index contributed by atoms with van der Waals surface area (Å²) in [5.74, 6) is 1.32. The number of anilines is 1. The van der Waals surface area contributed by atoms with E-state index in [1.807, 2.05) is 30.3 Å². The van der Waals surface area contributed by atoms with E-state index in [2.05, 4.69) is 10.3 Å². The van der Waals surface area contributed by atoms with Crippen LogP contribution >= 0.6 is 0 Å². The molecule has 0 unspecified atom stereocenters. The van der Waals surface area contributed by atoms with E-state index in [-0.39, 0.29) is 12.4 Å². The molecule has 24 heavy (non-hydrogen) atoms. The zero-order valence-corrected chi connectivity index (χ0v) is 12.9. The van der Waals surface area contributed by atoms with Gasteiger partial charge in [0.25, 0.3) is 0 Å². The number of nitrogens with zero attached hydrogens (tertiary/aromatic N) is 1. The second-order valence-electron chi connectivity index (χ2n) is 5.46. The Bertz CT molecular complexity index is 951. The molecule has 1 aromatic heterocycles. The summed E-state index contributed by atoms with van der Waals surface area (Å²) in [6, 6.07) is 12.7. The predicted octanol–water partition coefficient (Wildman–Crippen LogP) is 3.68. The van der Waals surface area contributed by atoms with Gasteiger partial charge in [0.1, 0.15) is 29.4 Å². The van der Waals surface area contributed by atoms with Crippen LogP contribution in [0.15, 0.2) is 42.5 Å². The molecule has 0 spiro atoms. The number of hydrogen-bond acceptors (Lipinski definition) is 5. The molecule has 1 aliphatic heterocycles. The summed E-state index contributed by atoms with van der Waals surface area (Å²) in [7, 11) is 1.58. The minimum Gasteiger partial charge on any atom is -0.508 e. The highest BCUT2D eigenvalue weighted by Gasteiger charge is 2.20.